The van der Waals surface area contributed by atoms with Crippen molar-refractivity contribution in [3.63, 3.8) is 0 Å². The predicted octanol–water partition coefficient (Wildman–Crippen LogP) is -2.18. The molecule has 7 N–H and O–H groups in total. The number of imidazole rings is 1. The Morgan fingerprint density at radius 2 is 1.98 bits per heavy atom. The lowest BCUT2D eigenvalue weighted by molar-refractivity contribution is -0.745. The van der Waals surface area contributed by atoms with Gasteiger partial charge >= 0.3 is 21.9 Å². The molecule has 2 aromatic heterocycles. The highest BCUT2D eigenvalue weighted by Gasteiger charge is 2.64. The second kappa shape index (κ2) is 9.91. The van der Waals surface area contributed by atoms with Gasteiger partial charge in [0.1, 0.15) is 24.4 Å². The lowest BCUT2D eigenvalue weighted by Gasteiger charge is -2.32. The average molecular weight is 587 g/mol. The number of hydrogen-bond donors (Lipinski definition) is 6. The molecule has 40 heavy (non-hydrogen) atoms. The van der Waals surface area contributed by atoms with E-state index in [4.69, 9.17) is 10.5 Å². The first-order valence-electron chi connectivity index (χ1n) is 11.8. The molecule has 1 saturated heterocycles. The molecule has 15 nitrogen and oxygen atoms in total. The number of ether oxygens (including phenoxy) is 1. The molecule has 6 atom stereocenters. The zero-order valence-corrected chi connectivity index (χ0v) is 21.1. The van der Waals surface area contributed by atoms with Crippen molar-refractivity contribution >= 4 is 33.2 Å². The largest absolute Gasteiger partial charge is 0.861 e. The van der Waals surface area contributed by atoms with Gasteiger partial charge in [-0.3, -0.25) is 4.98 Å². The van der Waals surface area contributed by atoms with Gasteiger partial charge in [0.25, 0.3) is 0 Å². The Morgan fingerprint density at radius 3 is 2.73 bits per heavy atom. The zero-order chi connectivity index (χ0) is 29.0. The minimum Gasteiger partial charge on any atom is -0.861 e. The minimum atomic E-state index is -4.95. The summed E-state index contributed by atoms with van der Waals surface area (Å²) >= 11 is 0. The molecule has 1 aliphatic heterocycles. The summed E-state index contributed by atoms with van der Waals surface area (Å²) < 4.78 is 68.4. The first kappa shape index (κ1) is 28.1. The highest BCUT2D eigenvalue weighted by atomic mass is 32.2. The third-order valence-electron chi connectivity index (χ3n) is 6.95. The molecule has 0 radical (unpaired) electrons. The maximum Gasteiger partial charge on any atom is 0.380 e. The van der Waals surface area contributed by atoms with Gasteiger partial charge in [-0.15, -0.1) is 0 Å². The molecule has 0 saturated carbocycles. The van der Waals surface area contributed by atoms with Crippen molar-refractivity contribution in [2.75, 3.05) is 12.3 Å². The van der Waals surface area contributed by atoms with Gasteiger partial charge in [-0.05, 0) is 29.9 Å². The molecule has 5 rings (SSSR count). The van der Waals surface area contributed by atoms with Crippen LogP contribution in [0.15, 0.2) is 41.3 Å². The molecule has 1 aliphatic carbocycles. The van der Waals surface area contributed by atoms with E-state index in [-0.39, 0.29) is 22.6 Å². The number of H-pyrrole nitrogens is 1. The van der Waals surface area contributed by atoms with E-state index in [1.807, 2.05) is 0 Å². The Labute approximate surface area is 224 Å². The van der Waals surface area contributed by atoms with Gasteiger partial charge in [0, 0.05) is 0 Å². The van der Waals surface area contributed by atoms with Crippen molar-refractivity contribution in [3.05, 3.63) is 48.0 Å². The van der Waals surface area contributed by atoms with Crippen molar-refractivity contribution in [1.82, 2.24) is 15.0 Å². The molecule has 3 aromatic rings. The number of rotatable bonds is 8. The number of hydrogen-bond acceptors (Lipinski definition) is 12. The number of nitrogen functional groups attached to an aromatic ring is 1. The number of fused-ring (bicyclic) bond motifs is 2. The van der Waals surface area contributed by atoms with Crippen LogP contribution in [0.4, 0.5) is 14.6 Å². The number of benzene rings is 1. The van der Waals surface area contributed by atoms with Crippen LogP contribution in [0.25, 0.3) is 11.2 Å². The Morgan fingerprint density at radius 1 is 1.25 bits per heavy atom. The van der Waals surface area contributed by atoms with Crippen LogP contribution in [-0.2, 0) is 24.8 Å². The third kappa shape index (κ3) is 4.56. The van der Waals surface area contributed by atoms with E-state index in [1.54, 1.807) is 0 Å². The van der Waals surface area contributed by atoms with E-state index in [2.05, 4.69) is 23.5 Å². The quantitative estimate of drug-likeness (QED) is 0.0938. The van der Waals surface area contributed by atoms with Crippen LogP contribution in [0.3, 0.4) is 0 Å². The molecule has 3 heterocycles. The van der Waals surface area contributed by atoms with Crippen molar-refractivity contribution < 1.29 is 56.2 Å². The van der Waals surface area contributed by atoms with E-state index in [9.17, 15) is 42.7 Å². The van der Waals surface area contributed by atoms with Gasteiger partial charge in [0.15, 0.2) is 24.1 Å². The molecule has 2 aliphatic rings. The van der Waals surface area contributed by atoms with Gasteiger partial charge in [-0.2, -0.15) is 26.6 Å². The van der Waals surface area contributed by atoms with Crippen molar-refractivity contribution in [1.29, 1.82) is 0 Å². The lowest BCUT2D eigenvalue weighted by Crippen LogP contribution is -2.45. The van der Waals surface area contributed by atoms with E-state index in [1.165, 1.54) is 41.5 Å². The van der Waals surface area contributed by atoms with Gasteiger partial charge < -0.3 is 36.0 Å². The second-order valence-corrected chi connectivity index (χ2v) is 10.6. The SMILES string of the molecule is Nc1ncnc2c1[nH]c[n+]2[C@@H]1O[C@H](COS(=O)(=O)N=C([O-])CC[C@]2(O)c3ccccc3[C@H](O)C2(F)F)[C@@H](O)[C@H]1O. The minimum absolute atomic E-state index is 0.109. The number of nitrogens with two attached hydrogens (primary N) is 1. The summed E-state index contributed by atoms with van der Waals surface area (Å²) in [5.74, 6) is -5.35. The molecule has 1 aromatic carbocycles. The first-order chi connectivity index (χ1) is 18.8. The number of aromatic amines is 1. The number of aromatic nitrogens is 4. The Bertz CT molecular complexity index is 1570. The number of anilines is 1. The summed E-state index contributed by atoms with van der Waals surface area (Å²) in [4.78, 5) is 10.6. The number of nitrogens with zero attached hydrogens (tertiary/aromatic N) is 4. The number of halogens is 2. The van der Waals surface area contributed by atoms with Crippen molar-refractivity contribution in [2.24, 2.45) is 4.40 Å². The molecule has 1 fully saturated rings. The monoisotopic (exact) mass is 586 g/mol. The van der Waals surface area contributed by atoms with Crippen molar-refractivity contribution in [3.8, 4) is 0 Å². The van der Waals surface area contributed by atoms with E-state index >= 15 is 0 Å². The Kier molecular flexibility index (Phi) is 6.97. The summed E-state index contributed by atoms with van der Waals surface area (Å²) in [6, 6.07) is 5.14. The molecule has 18 heteroatoms. The van der Waals surface area contributed by atoms with Crippen LogP contribution >= 0.6 is 0 Å². The highest BCUT2D eigenvalue weighted by molar-refractivity contribution is 7.85. The zero-order valence-electron chi connectivity index (χ0n) is 20.3. The Balaban J connectivity index is 1.24. The molecule has 0 spiro atoms. The van der Waals surface area contributed by atoms with Gasteiger partial charge in [0.2, 0.25) is 11.7 Å². The third-order valence-corrected chi connectivity index (χ3v) is 7.81. The van der Waals surface area contributed by atoms with E-state index in [0.717, 1.165) is 0 Å². The van der Waals surface area contributed by atoms with Crippen molar-refractivity contribution in [2.45, 2.75) is 55.0 Å². The number of aliphatic hydroxyl groups excluding tert-OH is 3. The Hall–Kier alpha value is -3.39. The molecular formula is C22H24F2N6O9S. The number of nitrogens with one attached hydrogen (secondary N) is 1. The summed E-state index contributed by atoms with van der Waals surface area (Å²) in [6.45, 7) is -0.866. The molecule has 0 amide bonds. The fraction of sp³-hybridized carbons (Fsp3) is 0.455. The average Bonchev–Trinajstić information content (AvgIpc) is 3.50. The summed E-state index contributed by atoms with van der Waals surface area (Å²) in [5, 5.41) is 53.7. The smallest absolute Gasteiger partial charge is 0.380 e. The number of alkyl halides is 2. The van der Waals surface area contributed by atoms with Crippen LogP contribution in [0.1, 0.15) is 36.3 Å². The molecule has 0 unspecified atom stereocenters. The highest BCUT2D eigenvalue weighted by Crippen LogP contribution is 2.56. The van der Waals surface area contributed by atoms with E-state index < -0.39 is 77.8 Å². The molecule has 216 valence electrons. The normalized spacial score (nSPS) is 30.1. The lowest BCUT2D eigenvalue weighted by atomic mass is 9.88. The maximum absolute atomic E-state index is 14.7. The predicted molar refractivity (Wildman–Crippen MR) is 126 cm³/mol. The van der Waals surface area contributed by atoms with Gasteiger partial charge in [0.05, 0.1) is 6.61 Å². The van der Waals surface area contributed by atoms with Crippen LogP contribution in [0, 0.1) is 0 Å². The molecule has 0 bridgehead atoms. The number of aliphatic hydroxyl groups is 4. The van der Waals surface area contributed by atoms with Crippen LogP contribution in [0.5, 0.6) is 0 Å². The van der Waals surface area contributed by atoms with Crippen LogP contribution in [-0.4, -0.2) is 80.5 Å². The summed E-state index contributed by atoms with van der Waals surface area (Å²) in [6.07, 6.45) is -7.49. The summed E-state index contributed by atoms with van der Waals surface area (Å²) in [7, 11) is -4.95. The second-order valence-electron chi connectivity index (χ2n) is 9.35. The van der Waals surface area contributed by atoms with Gasteiger partial charge in [-0.25, -0.2) is 8.75 Å². The summed E-state index contributed by atoms with van der Waals surface area (Å²) in [5.41, 5.74) is 2.86. The van der Waals surface area contributed by atoms with Crippen LogP contribution in [0.2, 0.25) is 0 Å². The van der Waals surface area contributed by atoms with Crippen LogP contribution < -0.4 is 15.4 Å². The maximum atomic E-state index is 14.7. The standard InChI is InChI=1S/C22H24F2N6O9S/c23-22(24)17(34)10-3-1-2-4-11(10)21(22,35)6-5-13(31)29-40(36,37)38-7-12-15(32)16(33)20(39-12)30-9-28-14-18(25)26-8-27-19(14)30/h1-4,8-9,12,15-17,20,32-35H,5-7H2,(H3,25,26,27,29,31)/t12-,15-,16-,17+,20-,21+/m1/s1. The fourth-order valence-electron chi connectivity index (χ4n) is 4.86. The topological polar surface area (TPSA) is 240 Å². The fourth-order valence-corrected chi connectivity index (χ4v) is 5.56. The first-order valence-corrected chi connectivity index (χ1v) is 13.2. The van der Waals surface area contributed by atoms with Gasteiger partial charge in [-0.1, -0.05) is 29.2 Å². The molecular weight excluding hydrogens is 562 g/mol. The van der Waals surface area contributed by atoms with E-state index in [0.29, 0.717) is 5.52 Å².